The topological polar surface area (TPSA) is 83.3 Å². The van der Waals surface area contributed by atoms with Gasteiger partial charge in [0, 0.05) is 19.6 Å². The van der Waals surface area contributed by atoms with Crippen LogP contribution in [0.15, 0.2) is 48.5 Å². The predicted molar refractivity (Wildman–Crippen MR) is 154 cm³/mol. The zero-order valence-corrected chi connectivity index (χ0v) is 24.0. The largest absolute Gasteiger partial charge is 0.493 e. The molecular formula is C30H34Cl2N2O5. The van der Waals surface area contributed by atoms with E-state index in [9.17, 15) is 4.79 Å². The number of nitrogens with two attached hydrogens (primary N) is 1. The molecule has 0 bridgehead atoms. The van der Waals surface area contributed by atoms with Crippen molar-refractivity contribution in [1.29, 1.82) is 0 Å². The number of halogens is 2. The lowest BCUT2D eigenvalue weighted by molar-refractivity contribution is -0.136. The Balaban J connectivity index is 1.30. The van der Waals surface area contributed by atoms with E-state index in [1.807, 2.05) is 48.2 Å². The highest BCUT2D eigenvalue weighted by atomic mass is 35.5. The number of carbonyl (C=O) groups is 1. The van der Waals surface area contributed by atoms with Crippen molar-refractivity contribution >= 4 is 29.1 Å². The normalized spacial score (nSPS) is 13.4. The summed E-state index contributed by atoms with van der Waals surface area (Å²) in [5, 5.41) is 0.948. The molecule has 208 valence electrons. The summed E-state index contributed by atoms with van der Waals surface area (Å²) in [5.41, 5.74) is 10.3. The van der Waals surface area contributed by atoms with Crippen LogP contribution in [0.1, 0.15) is 22.3 Å². The molecule has 0 aliphatic carbocycles. The number of ether oxygens (including phenoxy) is 4. The molecule has 0 radical (unpaired) electrons. The zero-order chi connectivity index (χ0) is 27.9. The summed E-state index contributed by atoms with van der Waals surface area (Å²) < 4.78 is 22.4. The fraction of sp³-hybridized carbons (Fsp3) is 0.367. The molecule has 1 aliphatic rings. The van der Waals surface area contributed by atoms with E-state index in [0.717, 1.165) is 23.1 Å². The number of benzene rings is 3. The van der Waals surface area contributed by atoms with E-state index in [0.29, 0.717) is 65.8 Å². The van der Waals surface area contributed by atoms with E-state index in [1.54, 1.807) is 26.4 Å². The Morgan fingerprint density at radius 2 is 1.56 bits per heavy atom. The molecule has 1 atom stereocenters. The van der Waals surface area contributed by atoms with Gasteiger partial charge in [-0.15, -0.1) is 0 Å². The van der Waals surface area contributed by atoms with E-state index >= 15 is 0 Å². The quantitative estimate of drug-likeness (QED) is 0.306. The fourth-order valence-corrected chi connectivity index (χ4v) is 5.44. The number of nitrogens with zero attached hydrogens (tertiary/aromatic N) is 1. The van der Waals surface area contributed by atoms with Crippen LogP contribution in [0.2, 0.25) is 10.0 Å². The van der Waals surface area contributed by atoms with Crippen LogP contribution in [0, 0.1) is 12.8 Å². The molecule has 2 N–H and O–H groups in total. The van der Waals surface area contributed by atoms with Gasteiger partial charge in [-0.2, -0.15) is 0 Å². The summed E-state index contributed by atoms with van der Waals surface area (Å²) in [7, 11) is 3.24. The first kappa shape index (κ1) is 28.9. The molecule has 3 aromatic carbocycles. The lowest BCUT2D eigenvalue weighted by Gasteiger charge is -2.32. The van der Waals surface area contributed by atoms with Crippen LogP contribution in [-0.2, 0) is 24.2 Å². The summed E-state index contributed by atoms with van der Waals surface area (Å²) >= 11 is 12.4. The molecule has 1 aliphatic heterocycles. The minimum atomic E-state index is -0.309. The maximum atomic E-state index is 13.4. The van der Waals surface area contributed by atoms with Gasteiger partial charge in [0.2, 0.25) is 5.91 Å². The van der Waals surface area contributed by atoms with Crippen LogP contribution < -0.4 is 24.7 Å². The van der Waals surface area contributed by atoms with Gasteiger partial charge in [0.1, 0.15) is 19.0 Å². The van der Waals surface area contributed by atoms with Crippen molar-refractivity contribution in [3.63, 3.8) is 0 Å². The molecule has 0 spiro atoms. The number of hydrogen-bond donors (Lipinski definition) is 1. The molecule has 0 saturated heterocycles. The number of hydrogen-bond acceptors (Lipinski definition) is 6. The Kier molecular flexibility index (Phi) is 9.83. The van der Waals surface area contributed by atoms with Crippen LogP contribution in [0.3, 0.4) is 0 Å². The van der Waals surface area contributed by atoms with Crippen molar-refractivity contribution in [1.82, 2.24) is 4.90 Å². The van der Waals surface area contributed by atoms with Crippen molar-refractivity contribution in [3.8, 4) is 23.0 Å². The molecule has 1 amide bonds. The number of fused-ring (bicyclic) bond motifs is 1. The lowest BCUT2D eigenvalue weighted by atomic mass is 9.94. The smallest absolute Gasteiger partial charge is 0.227 e. The van der Waals surface area contributed by atoms with Gasteiger partial charge in [-0.3, -0.25) is 4.79 Å². The van der Waals surface area contributed by atoms with Gasteiger partial charge in [0.25, 0.3) is 0 Å². The Bertz CT molecular complexity index is 1280. The molecule has 39 heavy (non-hydrogen) atoms. The van der Waals surface area contributed by atoms with Gasteiger partial charge in [-0.05, 0) is 78.4 Å². The van der Waals surface area contributed by atoms with E-state index in [-0.39, 0.29) is 18.4 Å². The minimum Gasteiger partial charge on any atom is -0.493 e. The number of amides is 1. The molecule has 0 aromatic heterocycles. The number of carbonyl (C=O) groups excluding carboxylic acids is 1. The van der Waals surface area contributed by atoms with Crippen molar-refractivity contribution in [2.45, 2.75) is 26.3 Å². The Labute approximate surface area is 239 Å². The number of rotatable bonds is 11. The van der Waals surface area contributed by atoms with Crippen molar-refractivity contribution in [2.75, 3.05) is 40.5 Å². The van der Waals surface area contributed by atoms with Crippen LogP contribution >= 0.6 is 23.2 Å². The summed E-state index contributed by atoms with van der Waals surface area (Å²) in [6.07, 6.45) is 1.31. The summed E-state index contributed by atoms with van der Waals surface area (Å²) in [6.45, 7) is 3.99. The highest BCUT2D eigenvalue weighted by molar-refractivity contribution is 6.37. The monoisotopic (exact) mass is 572 g/mol. The first-order chi connectivity index (χ1) is 18.8. The molecule has 4 rings (SSSR count). The molecular weight excluding hydrogens is 539 g/mol. The minimum absolute atomic E-state index is 0.0591. The summed E-state index contributed by atoms with van der Waals surface area (Å²) in [6, 6.07) is 15.3. The number of methoxy groups -OCH3 is 2. The van der Waals surface area contributed by atoms with Crippen molar-refractivity contribution in [3.05, 3.63) is 80.8 Å². The van der Waals surface area contributed by atoms with Gasteiger partial charge < -0.3 is 29.6 Å². The average Bonchev–Trinajstić information content (AvgIpc) is 2.94. The summed E-state index contributed by atoms with van der Waals surface area (Å²) in [4.78, 5) is 15.3. The van der Waals surface area contributed by atoms with Gasteiger partial charge in [-0.1, -0.05) is 35.3 Å². The van der Waals surface area contributed by atoms with Gasteiger partial charge in [0.15, 0.2) is 17.2 Å². The van der Waals surface area contributed by atoms with Gasteiger partial charge >= 0.3 is 0 Å². The van der Waals surface area contributed by atoms with Crippen LogP contribution in [-0.4, -0.2) is 51.3 Å². The second-order valence-electron chi connectivity index (χ2n) is 9.52. The van der Waals surface area contributed by atoms with Crippen LogP contribution in [0.5, 0.6) is 23.0 Å². The molecule has 9 heteroatoms. The van der Waals surface area contributed by atoms with E-state index < -0.39 is 0 Å². The molecule has 1 heterocycles. The Morgan fingerprint density at radius 1 is 0.949 bits per heavy atom. The molecule has 1 unspecified atom stereocenters. The predicted octanol–water partition coefficient (Wildman–Crippen LogP) is 5.48. The third kappa shape index (κ3) is 7.10. The van der Waals surface area contributed by atoms with Gasteiger partial charge in [-0.25, -0.2) is 0 Å². The number of aryl methyl sites for hydroxylation is 1. The standard InChI is InChI=1S/C30H34Cl2N2O5/c1-19-12-25(31)29(26(32)13-19)39-11-10-38-24-6-4-20(5-7-24)14-22(17-33)30(35)34-9-8-21-15-27(36-2)28(37-3)16-23(21)18-34/h4-7,12-13,15-16,22H,8-11,14,17-18,33H2,1-3H3. The van der Waals surface area contributed by atoms with E-state index in [2.05, 4.69) is 0 Å². The molecule has 3 aromatic rings. The van der Waals surface area contributed by atoms with E-state index in [1.165, 1.54) is 5.56 Å². The SMILES string of the molecule is COc1cc2c(cc1OC)CN(C(=O)C(CN)Cc1ccc(OCCOc3c(Cl)cc(C)cc3Cl)cc1)CC2. The summed E-state index contributed by atoms with van der Waals surface area (Å²) in [5.74, 6) is 2.28. The zero-order valence-electron chi connectivity index (χ0n) is 22.5. The molecule has 7 nitrogen and oxygen atoms in total. The third-order valence-corrected chi connectivity index (χ3v) is 7.37. The highest BCUT2D eigenvalue weighted by Gasteiger charge is 2.28. The molecule has 0 saturated carbocycles. The first-order valence-electron chi connectivity index (χ1n) is 12.9. The van der Waals surface area contributed by atoms with Crippen LogP contribution in [0.25, 0.3) is 0 Å². The highest BCUT2D eigenvalue weighted by Crippen LogP contribution is 2.35. The van der Waals surface area contributed by atoms with Gasteiger partial charge in [0.05, 0.1) is 30.2 Å². The second kappa shape index (κ2) is 13.3. The maximum absolute atomic E-state index is 13.4. The maximum Gasteiger partial charge on any atom is 0.227 e. The fourth-order valence-electron chi connectivity index (χ4n) is 4.73. The van der Waals surface area contributed by atoms with Crippen molar-refractivity contribution in [2.24, 2.45) is 11.7 Å². The Morgan fingerprint density at radius 3 is 2.18 bits per heavy atom. The third-order valence-electron chi connectivity index (χ3n) is 6.81. The average molecular weight is 574 g/mol. The van der Waals surface area contributed by atoms with Crippen LogP contribution in [0.4, 0.5) is 0 Å². The lowest BCUT2D eigenvalue weighted by Crippen LogP contribution is -2.42. The van der Waals surface area contributed by atoms with Crippen molar-refractivity contribution < 1.29 is 23.7 Å². The van der Waals surface area contributed by atoms with E-state index in [4.69, 9.17) is 47.9 Å². The Hall–Kier alpha value is -3.13. The second-order valence-corrected chi connectivity index (χ2v) is 10.3. The molecule has 0 fully saturated rings. The first-order valence-corrected chi connectivity index (χ1v) is 13.6.